The SMILES string of the molecule is CCOC(=O)c1nnc([C@@H]2CCCN2C(=O)OC(C)(C)C)s1. The molecule has 1 aromatic rings. The molecule has 0 aromatic carbocycles. The van der Waals surface area contributed by atoms with Gasteiger partial charge in [-0.05, 0) is 40.5 Å². The second kappa shape index (κ2) is 6.60. The third kappa shape index (κ3) is 3.94. The van der Waals surface area contributed by atoms with E-state index >= 15 is 0 Å². The molecule has 1 amide bonds. The average molecular weight is 327 g/mol. The quantitative estimate of drug-likeness (QED) is 0.794. The number of esters is 1. The van der Waals surface area contributed by atoms with Crippen molar-refractivity contribution in [1.82, 2.24) is 15.1 Å². The molecule has 0 saturated carbocycles. The molecule has 2 heterocycles. The third-order valence-electron chi connectivity index (χ3n) is 3.06. The Labute approximate surface area is 133 Å². The van der Waals surface area contributed by atoms with Gasteiger partial charge in [-0.3, -0.25) is 4.90 Å². The molecule has 1 aliphatic rings. The Morgan fingerprint density at radius 1 is 1.36 bits per heavy atom. The Hall–Kier alpha value is -1.70. The first-order chi connectivity index (χ1) is 10.3. The lowest BCUT2D eigenvalue weighted by Crippen LogP contribution is -2.36. The van der Waals surface area contributed by atoms with Crippen molar-refractivity contribution < 1.29 is 19.1 Å². The minimum absolute atomic E-state index is 0.185. The Balaban J connectivity index is 2.10. The number of carbonyl (C=O) groups excluding carboxylic acids is 2. The number of rotatable bonds is 3. The summed E-state index contributed by atoms with van der Waals surface area (Å²) in [6, 6.07) is -0.185. The summed E-state index contributed by atoms with van der Waals surface area (Å²) < 4.78 is 10.3. The molecule has 0 spiro atoms. The van der Waals surface area contributed by atoms with E-state index in [0.717, 1.165) is 12.8 Å². The molecule has 0 aliphatic carbocycles. The number of nitrogens with zero attached hydrogens (tertiary/aromatic N) is 3. The summed E-state index contributed by atoms with van der Waals surface area (Å²) in [5, 5.41) is 8.77. The van der Waals surface area contributed by atoms with E-state index in [1.807, 2.05) is 20.8 Å². The van der Waals surface area contributed by atoms with E-state index in [4.69, 9.17) is 9.47 Å². The highest BCUT2D eigenvalue weighted by molar-refractivity contribution is 7.13. The number of hydrogen-bond donors (Lipinski definition) is 0. The van der Waals surface area contributed by atoms with Crippen LogP contribution in [0.25, 0.3) is 0 Å². The summed E-state index contributed by atoms with van der Waals surface area (Å²) in [6.07, 6.45) is 1.30. The van der Waals surface area contributed by atoms with E-state index in [2.05, 4.69) is 10.2 Å². The molecule has 122 valence electrons. The Morgan fingerprint density at radius 2 is 2.09 bits per heavy atom. The topological polar surface area (TPSA) is 81.6 Å². The fourth-order valence-corrected chi connectivity index (χ4v) is 3.09. The number of aromatic nitrogens is 2. The summed E-state index contributed by atoms with van der Waals surface area (Å²) in [6.45, 7) is 8.15. The maximum absolute atomic E-state index is 12.3. The molecule has 8 heteroatoms. The summed E-state index contributed by atoms with van der Waals surface area (Å²) in [5.74, 6) is -0.479. The second-order valence-corrected chi connectivity index (χ2v) is 7.01. The largest absolute Gasteiger partial charge is 0.461 e. The molecule has 1 aromatic heterocycles. The van der Waals surface area contributed by atoms with Gasteiger partial charge in [-0.1, -0.05) is 11.3 Å². The second-order valence-electron chi connectivity index (χ2n) is 6.00. The first-order valence-corrected chi connectivity index (χ1v) is 8.13. The van der Waals surface area contributed by atoms with Crippen LogP contribution >= 0.6 is 11.3 Å². The van der Waals surface area contributed by atoms with Crippen molar-refractivity contribution in [3.8, 4) is 0 Å². The fraction of sp³-hybridized carbons (Fsp3) is 0.714. The van der Waals surface area contributed by atoms with Crippen LogP contribution in [0.3, 0.4) is 0 Å². The van der Waals surface area contributed by atoms with Crippen molar-refractivity contribution in [3.63, 3.8) is 0 Å². The van der Waals surface area contributed by atoms with Gasteiger partial charge in [0.2, 0.25) is 5.01 Å². The van der Waals surface area contributed by atoms with Crippen LogP contribution in [0.4, 0.5) is 4.79 Å². The van der Waals surface area contributed by atoms with Crippen molar-refractivity contribution in [2.45, 2.75) is 52.2 Å². The average Bonchev–Trinajstić information content (AvgIpc) is 3.06. The minimum Gasteiger partial charge on any atom is -0.461 e. The molecule has 22 heavy (non-hydrogen) atoms. The molecule has 0 bridgehead atoms. The van der Waals surface area contributed by atoms with E-state index in [-0.39, 0.29) is 17.1 Å². The maximum Gasteiger partial charge on any atom is 0.410 e. The molecule has 0 radical (unpaired) electrons. The van der Waals surface area contributed by atoms with E-state index in [0.29, 0.717) is 18.2 Å². The fourth-order valence-electron chi connectivity index (χ4n) is 2.21. The highest BCUT2D eigenvalue weighted by atomic mass is 32.1. The summed E-state index contributed by atoms with van der Waals surface area (Å²) >= 11 is 1.17. The Morgan fingerprint density at radius 3 is 2.73 bits per heavy atom. The van der Waals surface area contributed by atoms with Crippen LogP contribution in [0, 0.1) is 0 Å². The molecule has 1 atom stereocenters. The van der Waals surface area contributed by atoms with Gasteiger partial charge >= 0.3 is 12.1 Å². The number of hydrogen-bond acceptors (Lipinski definition) is 7. The summed E-state index contributed by atoms with van der Waals surface area (Å²) in [4.78, 5) is 25.6. The Kier molecular flexibility index (Phi) is 5.00. The minimum atomic E-state index is -0.540. The first-order valence-electron chi connectivity index (χ1n) is 7.32. The highest BCUT2D eigenvalue weighted by Gasteiger charge is 2.35. The van der Waals surface area contributed by atoms with Crippen molar-refractivity contribution in [1.29, 1.82) is 0 Å². The van der Waals surface area contributed by atoms with Gasteiger partial charge in [0.05, 0.1) is 12.6 Å². The van der Waals surface area contributed by atoms with Gasteiger partial charge in [0, 0.05) is 6.54 Å². The van der Waals surface area contributed by atoms with Crippen molar-refractivity contribution in [2.75, 3.05) is 13.2 Å². The van der Waals surface area contributed by atoms with E-state index in [9.17, 15) is 9.59 Å². The van der Waals surface area contributed by atoms with Gasteiger partial charge in [-0.15, -0.1) is 10.2 Å². The van der Waals surface area contributed by atoms with Gasteiger partial charge in [0.15, 0.2) is 0 Å². The monoisotopic (exact) mass is 327 g/mol. The zero-order chi connectivity index (χ0) is 16.3. The zero-order valence-electron chi connectivity index (χ0n) is 13.3. The maximum atomic E-state index is 12.3. The van der Waals surface area contributed by atoms with Crippen LogP contribution in [-0.2, 0) is 9.47 Å². The lowest BCUT2D eigenvalue weighted by molar-refractivity contribution is 0.0223. The molecule has 0 unspecified atom stereocenters. The van der Waals surface area contributed by atoms with Crippen LogP contribution in [0.15, 0.2) is 0 Å². The standard InChI is InChI=1S/C14H21N3O4S/c1-5-20-12(18)11-16-15-10(22-11)9-7-6-8-17(9)13(19)21-14(2,3)4/h9H,5-8H2,1-4H3/t9-/m0/s1. The Bertz CT molecular complexity index is 553. The molecule has 2 rings (SSSR count). The lowest BCUT2D eigenvalue weighted by Gasteiger charge is -2.27. The summed E-state index contributed by atoms with van der Waals surface area (Å²) in [5.41, 5.74) is -0.540. The van der Waals surface area contributed by atoms with Gasteiger partial charge in [0.1, 0.15) is 10.6 Å². The van der Waals surface area contributed by atoms with Gasteiger partial charge in [-0.25, -0.2) is 9.59 Å². The lowest BCUT2D eigenvalue weighted by atomic mass is 10.2. The molecular weight excluding hydrogens is 306 g/mol. The van der Waals surface area contributed by atoms with Crippen LogP contribution in [-0.4, -0.2) is 45.9 Å². The molecule has 1 saturated heterocycles. The highest BCUT2D eigenvalue weighted by Crippen LogP contribution is 2.34. The number of amides is 1. The van der Waals surface area contributed by atoms with E-state index in [1.165, 1.54) is 11.3 Å². The number of carbonyl (C=O) groups is 2. The van der Waals surface area contributed by atoms with E-state index < -0.39 is 11.6 Å². The molecule has 7 nitrogen and oxygen atoms in total. The molecular formula is C14H21N3O4S. The van der Waals surface area contributed by atoms with Crippen LogP contribution in [0.1, 0.15) is 61.4 Å². The molecule has 1 aliphatic heterocycles. The third-order valence-corrected chi connectivity index (χ3v) is 4.06. The predicted octanol–water partition coefficient (Wildman–Crippen LogP) is 2.79. The molecule has 0 N–H and O–H groups in total. The smallest absolute Gasteiger partial charge is 0.410 e. The normalized spacial score (nSPS) is 18.4. The van der Waals surface area contributed by atoms with Crippen molar-refractivity contribution in [3.05, 3.63) is 10.0 Å². The van der Waals surface area contributed by atoms with E-state index in [1.54, 1.807) is 11.8 Å². The zero-order valence-corrected chi connectivity index (χ0v) is 14.1. The van der Waals surface area contributed by atoms with Gasteiger partial charge in [0.25, 0.3) is 0 Å². The van der Waals surface area contributed by atoms with Crippen LogP contribution < -0.4 is 0 Å². The van der Waals surface area contributed by atoms with Gasteiger partial charge in [-0.2, -0.15) is 0 Å². The van der Waals surface area contributed by atoms with Crippen molar-refractivity contribution >= 4 is 23.4 Å². The predicted molar refractivity (Wildman–Crippen MR) is 80.8 cm³/mol. The van der Waals surface area contributed by atoms with Gasteiger partial charge < -0.3 is 9.47 Å². The first kappa shape index (κ1) is 16.7. The van der Waals surface area contributed by atoms with Crippen LogP contribution in [0.2, 0.25) is 0 Å². The number of likely N-dealkylation sites (tertiary alicyclic amines) is 1. The van der Waals surface area contributed by atoms with Crippen molar-refractivity contribution in [2.24, 2.45) is 0 Å². The summed E-state index contributed by atoms with van der Waals surface area (Å²) in [7, 11) is 0. The number of ether oxygens (including phenoxy) is 2. The molecule has 1 fully saturated rings. The van der Waals surface area contributed by atoms with Crippen LogP contribution in [0.5, 0.6) is 0 Å².